The van der Waals surface area contributed by atoms with Gasteiger partial charge in [0.25, 0.3) is 0 Å². The Labute approximate surface area is 136 Å². The Morgan fingerprint density at radius 3 is 2.62 bits per heavy atom. The fourth-order valence-corrected chi connectivity index (χ4v) is 6.50. The molecule has 0 bridgehead atoms. The van der Waals surface area contributed by atoms with Crippen molar-refractivity contribution in [1.82, 2.24) is 10.0 Å². The molecule has 21 heavy (non-hydrogen) atoms. The third-order valence-electron chi connectivity index (χ3n) is 4.13. The van der Waals surface area contributed by atoms with Crippen LogP contribution in [0.3, 0.4) is 0 Å². The Balaban J connectivity index is 2.09. The molecule has 1 fully saturated rings. The minimum atomic E-state index is -3.39. The number of nitrogens with one attached hydrogen (secondary N) is 2. The maximum atomic E-state index is 12.5. The molecule has 2 N–H and O–H groups in total. The molecule has 2 rings (SSSR count). The number of thiophene rings is 1. The summed E-state index contributed by atoms with van der Waals surface area (Å²) >= 11 is 3.16. The molecule has 7 heteroatoms. The number of sulfonamides is 1. The predicted molar refractivity (Wildman–Crippen MR) is 91.7 cm³/mol. The largest absolute Gasteiger partial charge is 0.315 e. The lowest BCUT2D eigenvalue weighted by atomic mass is 10.1. The monoisotopic (exact) mass is 348 g/mol. The summed E-state index contributed by atoms with van der Waals surface area (Å²) in [5.74, 6) is 0. The van der Waals surface area contributed by atoms with Gasteiger partial charge in [0.2, 0.25) is 10.0 Å². The molecule has 0 spiro atoms. The molecular formula is C14H24N2O2S3. The van der Waals surface area contributed by atoms with Crippen LogP contribution in [0.1, 0.15) is 36.1 Å². The number of hydrogen-bond acceptors (Lipinski definition) is 5. The second-order valence-corrected chi connectivity index (χ2v) is 10.0. The van der Waals surface area contributed by atoms with Crippen molar-refractivity contribution in [2.45, 2.75) is 48.1 Å². The minimum Gasteiger partial charge on any atom is -0.315 e. The zero-order valence-corrected chi connectivity index (χ0v) is 15.3. The number of rotatable bonds is 7. The van der Waals surface area contributed by atoms with E-state index in [1.54, 1.807) is 17.8 Å². The Morgan fingerprint density at radius 2 is 2.05 bits per heavy atom. The van der Waals surface area contributed by atoms with E-state index in [2.05, 4.69) is 16.3 Å². The SMILES string of the molecule is CNCc1sc(S(=O)(=O)NCC2(SC)CCCC2)cc1C. The summed E-state index contributed by atoms with van der Waals surface area (Å²) in [4.78, 5) is 1.08. The van der Waals surface area contributed by atoms with E-state index < -0.39 is 10.0 Å². The lowest BCUT2D eigenvalue weighted by Gasteiger charge is -2.26. The summed E-state index contributed by atoms with van der Waals surface area (Å²) in [7, 11) is -1.52. The zero-order valence-electron chi connectivity index (χ0n) is 12.9. The zero-order chi connectivity index (χ0) is 15.5. The van der Waals surface area contributed by atoms with Crippen LogP contribution in [-0.2, 0) is 16.6 Å². The highest BCUT2D eigenvalue weighted by atomic mass is 32.2. The predicted octanol–water partition coefficient (Wildman–Crippen LogP) is 2.73. The normalized spacial score (nSPS) is 18.2. The highest BCUT2D eigenvalue weighted by Crippen LogP contribution is 2.40. The van der Waals surface area contributed by atoms with Crippen LogP contribution in [0.5, 0.6) is 0 Å². The standard InChI is InChI=1S/C14H24N2O2S3/c1-11-8-13(20-12(11)9-15-2)21(17,18)16-10-14(19-3)6-4-5-7-14/h8,15-16H,4-7,9-10H2,1-3H3. The second kappa shape index (κ2) is 7.00. The van der Waals surface area contributed by atoms with Crippen LogP contribution in [0.25, 0.3) is 0 Å². The van der Waals surface area contributed by atoms with Crippen LogP contribution >= 0.6 is 23.1 Å². The summed E-state index contributed by atoms with van der Waals surface area (Å²) in [5.41, 5.74) is 1.04. The molecule has 1 heterocycles. The molecule has 0 aliphatic heterocycles. The lowest BCUT2D eigenvalue weighted by Crippen LogP contribution is -2.38. The highest BCUT2D eigenvalue weighted by molar-refractivity contribution is 8.00. The van der Waals surface area contributed by atoms with Crippen LogP contribution < -0.4 is 10.0 Å². The van der Waals surface area contributed by atoms with E-state index in [0.717, 1.165) is 23.3 Å². The summed E-state index contributed by atoms with van der Waals surface area (Å²) < 4.78 is 28.3. The first-order chi connectivity index (χ1) is 9.92. The van der Waals surface area contributed by atoms with Gasteiger partial charge in [0.05, 0.1) is 0 Å². The fraction of sp³-hybridized carbons (Fsp3) is 0.714. The molecule has 0 unspecified atom stereocenters. The number of hydrogen-bond donors (Lipinski definition) is 2. The average molecular weight is 349 g/mol. The molecule has 120 valence electrons. The van der Waals surface area contributed by atoms with E-state index in [0.29, 0.717) is 17.3 Å². The molecule has 1 aliphatic carbocycles. The van der Waals surface area contributed by atoms with E-state index in [9.17, 15) is 8.42 Å². The van der Waals surface area contributed by atoms with Crippen molar-refractivity contribution in [2.75, 3.05) is 19.8 Å². The smallest absolute Gasteiger partial charge is 0.250 e. The van der Waals surface area contributed by atoms with E-state index in [1.165, 1.54) is 24.2 Å². The van der Waals surface area contributed by atoms with E-state index in [4.69, 9.17) is 0 Å². The van der Waals surface area contributed by atoms with Gasteiger partial charge in [0.1, 0.15) is 4.21 Å². The molecule has 1 aromatic rings. The van der Waals surface area contributed by atoms with Gasteiger partial charge in [0.15, 0.2) is 0 Å². The first-order valence-electron chi connectivity index (χ1n) is 7.21. The Hall–Kier alpha value is -0.0800. The first-order valence-corrected chi connectivity index (χ1v) is 10.7. The summed E-state index contributed by atoms with van der Waals surface area (Å²) in [6.07, 6.45) is 6.69. The average Bonchev–Trinajstić information content (AvgIpc) is 3.06. The van der Waals surface area contributed by atoms with Gasteiger partial charge in [-0.05, 0) is 44.7 Å². The first kappa shape index (κ1) is 17.3. The van der Waals surface area contributed by atoms with Crippen molar-refractivity contribution >= 4 is 33.1 Å². The maximum Gasteiger partial charge on any atom is 0.250 e. The van der Waals surface area contributed by atoms with Crippen molar-refractivity contribution < 1.29 is 8.42 Å². The second-order valence-electron chi connectivity index (χ2n) is 5.62. The summed E-state index contributed by atoms with van der Waals surface area (Å²) in [6.45, 7) is 3.21. The third kappa shape index (κ3) is 4.01. The van der Waals surface area contributed by atoms with Crippen molar-refractivity contribution in [2.24, 2.45) is 0 Å². The van der Waals surface area contributed by atoms with Crippen LogP contribution in [0.15, 0.2) is 10.3 Å². The van der Waals surface area contributed by atoms with Gasteiger partial charge in [0, 0.05) is 22.7 Å². The van der Waals surface area contributed by atoms with Gasteiger partial charge in [-0.2, -0.15) is 11.8 Å². The lowest BCUT2D eigenvalue weighted by molar-refractivity contribution is 0.552. The van der Waals surface area contributed by atoms with Crippen LogP contribution in [-0.4, -0.2) is 33.0 Å². The van der Waals surface area contributed by atoms with Crippen molar-refractivity contribution in [1.29, 1.82) is 0 Å². The van der Waals surface area contributed by atoms with Crippen LogP contribution in [0, 0.1) is 6.92 Å². The minimum absolute atomic E-state index is 0.0905. The molecule has 0 aromatic carbocycles. The summed E-state index contributed by atoms with van der Waals surface area (Å²) in [6, 6.07) is 1.78. The number of thioether (sulfide) groups is 1. The van der Waals surface area contributed by atoms with Crippen molar-refractivity contribution in [3.05, 3.63) is 16.5 Å². The van der Waals surface area contributed by atoms with Gasteiger partial charge in [-0.3, -0.25) is 0 Å². The molecule has 1 aliphatic rings. The van der Waals surface area contributed by atoms with E-state index in [1.807, 2.05) is 14.0 Å². The Kier molecular flexibility index (Phi) is 5.76. The molecule has 0 saturated heterocycles. The topological polar surface area (TPSA) is 58.2 Å². The van der Waals surface area contributed by atoms with E-state index >= 15 is 0 Å². The van der Waals surface area contributed by atoms with Gasteiger partial charge in [-0.25, -0.2) is 13.1 Å². The van der Waals surface area contributed by atoms with E-state index in [-0.39, 0.29) is 4.75 Å². The molecule has 0 atom stereocenters. The quantitative estimate of drug-likeness (QED) is 0.795. The van der Waals surface area contributed by atoms with Crippen LogP contribution in [0.4, 0.5) is 0 Å². The van der Waals surface area contributed by atoms with Gasteiger partial charge < -0.3 is 5.32 Å². The molecule has 1 saturated carbocycles. The molecule has 4 nitrogen and oxygen atoms in total. The molecular weight excluding hydrogens is 324 g/mol. The number of aryl methyl sites for hydroxylation is 1. The fourth-order valence-electron chi connectivity index (χ4n) is 2.73. The van der Waals surface area contributed by atoms with Crippen LogP contribution in [0.2, 0.25) is 0 Å². The Morgan fingerprint density at radius 1 is 1.38 bits per heavy atom. The maximum absolute atomic E-state index is 12.5. The van der Waals surface area contributed by atoms with Crippen molar-refractivity contribution in [3.8, 4) is 0 Å². The van der Waals surface area contributed by atoms with Gasteiger partial charge in [-0.15, -0.1) is 11.3 Å². The highest BCUT2D eigenvalue weighted by Gasteiger charge is 2.34. The summed E-state index contributed by atoms with van der Waals surface area (Å²) in [5, 5.41) is 3.07. The Bertz CT molecular complexity index is 575. The van der Waals surface area contributed by atoms with Crippen molar-refractivity contribution in [3.63, 3.8) is 0 Å². The third-order valence-corrected chi connectivity index (χ3v) is 8.66. The molecule has 0 amide bonds. The molecule has 1 aromatic heterocycles. The molecule has 0 radical (unpaired) electrons. The van der Waals surface area contributed by atoms with Gasteiger partial charge in [-0.1, -0.05) is 12.8 Å². The van der Waals surface area contributed by atoms with Gasteiger partial charge >= 0.3 is 0 Å².